The number of hydrogen-bond acceptors (Lipinski definition) is 10. The van der Waals surface area contributed by atoms with E-state index in [2.05, 4.69) is 21.6 Å². The second-order valence-corrected chi connectivity index (χ2v) is 19.6. The van der Waals surface area contributed by atoms with Crippen LogP contribution in [0.5, 0.6) is 11.5 Å². The number of likely N-dealkylation sites (tertiary alicyclic amines) is 2. The number of nitrogens with one attached hydrogen (secondary N) is 2. The number of sulfonamides is 1. The van der Waals surface area contributed by atoms with Crippen LogP contribution in [0.2, 0.25) is 5.02 Å². The molecule has 60 heavy (non-hydrogen) atoms. The Bertz CT molecular complexity index is 2320. The van der Waals surface area contributed by atoms with E-state index in [-0.39, 0.29) is 43.9 Å². The molecule has 5 atom stereocenters. The van der Waals surface area contributed by atoms with Crippen molar-refractivity contribution < 1.29 is 45.9 Å². The number of halogens is 3. The lowest BCUT2D eigenvalue weighted by Crippen LogP contribution is -2.57. The molecule has 2 N–H and O–H groups in total. The maximum atomic E-state index is 14.9. The third-order valence-corrected chi connectivity index (χ3v) is 14.1. The third-order valence-electron chi connectivity index (χ3n) is 12.0. The molecular weight excluding hydrogens is 822 g/mol. The third kappa shape index (κ3) is 8.78. The minimum atomic E-state index is -3.96. The van der Waals surface area contributed by atoms with Gasteiger partial charge in [-0.1, -0.05) is 44.5 Å². The minimum Gasteiger partial charge on any atom is -0.495 e. The highest BCUT2D eigenvalue weighted by molar-refractivity contribution is 7.91. The first kappa shape index (κ1) is 43.2. The summed E-state index contributed by atoms with van der Waals surface area (Å²) in [4.78, 5) is 68.6. The molecule has 14 nitrogen and oxygen atoms in total. The van der Waals surface area contributed by atoms with Crippen molar-refractivity contribution in [2.24, 2.45) is 17.3 Å². The van der Waals surface area contributed by atoms with Crippen LogP contribution in [0.15, 0.2) is 55.3 Å². The molecule has 3 aromatic rings. The predicted molar refractivity (Wildman–Crippen MR) is 219 cm³/mol. The summed E-state index contributed by atoms with van der Waals surface area (Å²) in [5, 5.41) is 2.83. The van der Waals surface area contributed by atoms with Gasteiger partial charge in [0.05, 0.1) is 41.7 Å². The lowest BCUT2D eigenvalue weighted by Gasteiger charge is -2.37. The lowest BCUT2D eigenvalue weighted by atomic mass is 9.77. The van der Waals surface area contributed by atoms with Crippen LogP contribution in [0.4, 0.5) is 8.78 Å². The quantitative estimate of drug-likeness (QED) is 0.215. The number of nitrogens with zero attached hydrogens (tertiary/aromatic N) is 4. The Morgan fingerprint density at radius 2 is 1.80 bits per heavy atom. The number of alkyl halides is 2. The van der Waals surface area contributed by atoms with Gasteiger partial charge in [-0.05, 0) is 48.9 Å². The van der Waals surface area contributed by atoms with Crippen LogP contribution < -0.4 is 19.5 Å². The summed E-state index contributed by atoms with van der Waals surface area (Å²) < 4.78 is 67.9. The molecular formula is C42H49ClF2N6O8S. The highest BCUT2D eigenvalue weighted by Crippen LogP contribution is 2.46. The normalized spacial score (nSPS) is 24.4. The van der Waals surface area contributed by atoms with E-state index >= 15 is 0 Å². The SMILES string of the molecule is C=CC1C[C@]1(NC(=O)[C@@H]1C[C@@H](Oc2cc(-c3ccccn3)nc3c(Cl)c(OC)ccc23)CN1C(=O)C(CC(=O)N1CCC(F)(F)CC1)C(C)(C)C)C(=O)NS(=O)(=O)C1CC1. The van der Waals surface area contributed by atoms with Crippen molar-refractivity contribution in [1.82, 2.24) is 29.8 Å². The van der Waals surface area contributed by atoms with Gasteiger partial charge < -0.3 is 24.6 Å². The van der Waals surface area contributed by atoms with Crippen LogP contribution in [0, 0.1) is 17.3 Å². The van der Waals surface area contributed by atoms with Crippen LogP contribution in [0.1, 0.15) is 65.7 Å². The monoisotopic (exact) mass is 870 g/mol. The van der Waals surface area contributed by atoms with Crippen molar-refractivity contribution in [1.29, 1.82) is 0 Å². The molecule has 2 saturated carbocycles. The van der Waals surface area contributed by atoms with Crippen molar-refractivity contribution >= 4 is 56.2 Å². The average Bonchev–Trinajstić information content (AvgIpc) is 4.13. The van der Waals surface area contributed by atoms with Gasteiger partial charge in [0.2, 0.25) is 27.7 Å². The van der Waals surface area contributed by atoms with Crippen molar-refractivity contribution in [2.75, 3.05) is 26.7 Å². The Labute approximate surface area is 352 Å². The summed E-state index contributed by atoms with van der Waals surface area (Å²) in [5.74, 6) is -6.37. The van der Waals surface area contributed by atoms with E-state index in [1.807, 2.05) is 0 Å². The molecule has 0 spiro atoms. The van der Waals surface area contributed by atoms with Crippen LogP contribution in [0.3, 0.4) is 0 Å². The molecule has 1 aromatic carbocycles. The van der Waals surface area contributed by atoms with Gasteiger partial charge in [-0.3, -0.25) is 28.9 Å². The van der Waals surface area contributed by atoms with Crippen molar-refractivity contribution in [2.45, 2.75) is 94.6 Å². The summed E-state index contributed by atoms with van der Waals surface area (Å²) in [5.41, 5.74) is -1.15. The fourth-order valence-corrected chi connectivity index (χ4v) is 9.68. The molecule has 0 radical (unpaired) electrons. The number of hydrogen-bond donors (Lipinski definition) is 2. The number of fused-ring (bicyclic) bond motifs is 1. The van der Waals surface area contributed by atoms with Gasteiger partial charge in [0, 0.05) is 62.3 Å². The molecule has 4 aliphatic rings. The van der Waals surface area contributed by atoms with E-state index in [9.17, 15) is 36.4 Å². The summed E-state index contributed by atoms with van der Waals surface area (Å²) in [7, 11) is -2.49. The predicted octanol–water partition coefficient (Wildman–Crippen LogP) is 5.29. The van der Waals surface area contributed by atoms with Crippen molar-refractivity contribution in [3.8, 4) is 22.9 Å². The number of carbonyl (C=O) groups is 4. The number of piperidine rings is 1. The number of methoxy groups -OCH3 is 1. The number of pyridine rings is 2. The lowest BCUT2D eigenvalue weighted by molar-refractivity contribution is -0.150. The fraction of sp³-hybridized carbons (Fsp3) is 0.524. The molecule has 4 heterocycles. The number of amides is 4. The van der Waals surface area contributed by atoms with Gasteiger partial charge in [-0.15, -0.1) is 6.58 Å². The standard InChI is InChI=1S/C42H49ClF2N6O8S/c1-6-24-22-42(24,39(55)49-60(56,57)26-10-11-26)48-37(53)31-19-25(23-51(31)38(54)28(40(2,3)4)20-34(52)50-17-14-41(44,45)15-18-50)59-33-21-30(29-9-7-8-16-46-29)47-36-27(33)12-13-32(58-5)35(36)43/h6-9,12-13,16,21,24-26,28,31H,1,10-11,14-15,17-20,22-23H2,2-5H3,(H,48,53)(H,49,55)/t24?,25-,28?,31+,42-/m1/s1. The Morgan fingerprint density at radius 1 is 1.08 bits per heavy atom. The Kier molecular flexibility index (Phi) is 11.6. The fourth-order valence-electron chi connectivity index (χ4n) is 8.03. The summed E-state index contributed by atoms with van der Waals surface area (Å²) in [6, 6.07) is 9.16. The largest absolute Gasteiger partial charge is 0.495 e. The number of aromatic nitrogens is 2. The van der Waals surface area contributed by atoms with Gasteiger partial charge in [-0.2, -0.15) is 0 Å². The maximum Gasteiger partial charge on any atom is 0.259 e. The molecule has 2 unspecified atom stereocenters. The molecule has 0 bridgehead atoms. The number of ether oxygens (including phenoxy) is 2. The molecule has 2 aliphatic heterocycles. The Hall–Kier alpha value is -4.90. The second kappa shape index (κ2) is 16.2. The van der Waals surface area contributed by atoms with E-state index < -0.39 is 92.6 Å². The summed E-state index contributed by atoms with van der Waals surface area (Å²) in [6.45, 7) is 8.70. The van der Waals surface area contributed by atoms with Crippen LogP contribution in [0.25, 0.3) is 22.3 Å². The first-order chi connectivity index (χ1) is 28.3. The van der Waals surface area contributed by atoms with Gasteiger partial charge in [0.25, 0.3) is 11.8 Å². The van der Waals surface area contributed by atoms with Crippen molar-refractivity contribution in [3.63, 3.8) is 0 Å². The molecule has 2 aromatic heterocycles. The second-order valence-electron chi connectivity index (χ2n) is 17.2. The van der Waals surface area contributed by atoms with Crippen molar-refractivity contribution in [3.05, 3.63) is 60.3 Å². The molecule has 18 heteroatoms. The smallest absolute Gasteiger partial charge is 0.259 e. The average molecular weight is 871 g/mol. The number of carbonyl (C=O) groups excluding carboxylic acids is 4. The molecule has 2 saturated heterocycles. The molecule has 322 valence electrons. The van der Waals surface area contributed by atoms with Gasteiger partial charge in [0.15, 0.2) is 0 Å². The molecule has 4 fully saturated rings. The van der Waals surface area contributed by atoms with Crippen LogP contribution in [-0.4, -0.2) is 107 Å². The van der Waals surface area contributed by atoms with E-state index in [0.717, 1.165) is 0 Å². The highest BCUT2D eigenvalue weighted by Gasteiger charge is 2.62. The van der Waals surface area contributed by atoms with Gasteiger partial charge >= 0.3 is 0 Å². The zero-order chi connectivity index (χ0) is 43.4. The van der Waals surface area contributed by atoms with Gasteiger partial charge in [-0.25, -0.2) is 22.2 Å². The molecule has 7 rings (SSSR count). The van der Waals surface area contributed by atoms with E-state index in [1.54, 1.807) is 63.4 Å². The maximum absolute atomic E-state index is 14.9. The van der Waals surface area contributed by atoms with E-state index in [0.29, 0.717) is 46.6 Å². The molecule has 4 amide bonds. The minimum absolute atomic E-state index is 0.0625. The zero-order valence-electron chi connectivity index (χ0n) is 33.9. The Morgan fingerprint density at radius 3 is 2.40 bits per heavy atom. The number of benzene rings is 1. The van der Waals surface area contributed by atoms with Crippen LogP contribution >= 0.6 is 11.6 Å². The highest BCUT2D eigenvalue weighted by atomic mass is 35.5. The van der Waals surface area contributed by atoms with Crippen LogP contribution in [-0.2, 0) is 29.2 Å². The number of rotatable bonds is 13. The summed E-state index contributed by atoms with van der Waals surface area (Å²) in [6.07, 6.45) is 1.87. The zero-order valence-corrected chi connectivity index (χ0v) is 35.5. The first-order valence-electron chi connectivity index (χ1n) is 20.0. The van der Waals surface area contributed by atoms with Gasteiger partial charge in [0.1, 0.15) is 34.2 Å². The van der Waals surface area contributed by atoms with E-state index in [4.69, 9.17) is 26.1 Å². The topological polar surface area (TPSA) is 177 Å². The van der Waals surface area contributed by atoms with E-state index in [1.165, 1.54) is 23.0 Å². The molecule has 2 aliphatic carbocycles. The first-order valence-corrected chi connectivity index (χ1v) is 21.9. The Balaban J connectivity index is 1.22. The summed E-state index contributed by atoms with van der Waals surface area (Å²) >= 11 is 6.77.